The van der Waals surface area contributed by atoms with Crippen LogP contribution in [0, 0.1) is 10.1 Å². The molecule has 21 heavy (non-hydrogen) atoms. The number of nitro groups is 1. The summed E-state index contributed by atoms with van der Waals surface area (Å²) in [6.07, 6.45) is -5.51. The molecule has 2 rings (SSSR count). The van der Waals surface area contributed by atoms with Crippen LogP contribution in [0.3, 0.4) is 0 Å². The van der Waals surface area contributed by atoms with E-state index in [0.717, 1.165) is 11.0 Å². The molecule has 0 aromatic heterocycles. The fourth-order valence-electron chi connectivity index (χ4n) is 2.18. The Morgan fingerprint density at radius 1 is 1.38 bits per heavy atom. The predicted molar refractivity (Wildman–Crippen MR) is 64.6 cm³/mol. The van der Waals surface area contributed by atoms with Gasteiger partial charge in [-0.1, -0.05) is 12.1 Å². The third-order valence-corrected chi connectivity index (χ3v) is 3.39. The van der Waals surface area contributed by atoms with E-state index in [4.69, 9.17) is 0 Å². The third kappa shape index (κ3) is 2.68. The topological polar surface area (TPSA) is 83.7 Å². The van der Waals surface area contributed by atoms with Gasteiger partial charge in [0, 0.05) is 19.0 Å². The molecule has 0 saturated carbocycles. The number of rotatable bonds is 2. The molecule has 1 heterocycles. The van der Waals surface area contributed by atoms with Gasteiger partial charge in [-0.15, -0.1) is 0 Å². The van der Waals surface area contributed by atoms with Gasteiger partial charge >= 0.3 is 6.18 Å². The molecule has 0 aliphatic carbocycles. The average Bonchev–Trinajstić information content (AvgIpc) is 2.81. The maximum Gasteiger partial charge on any atom is 0.419 e. The van der Waals surface area contributed by atoms with E-state index in [1.165, 1.54) is 18.2 Å². The van der Waals surface area contributed by atoms with Crippen molar-refractivity contribution in [2.45, 2.75) is 18.2 Å². The number of carbonyl (C=O) groups excluding carboxylic acids is 1. The van der Waals surface area contributed by atoms with Crippen molar-refractivity contribution < 1.29 is 28.0 Å². The number of nitrogens with zero attached hydrogens (tertiary/aromatic N) is 2. The van der Waals surface area contributed by atoms with Crippen LogP contribution < -0.4 is 0 Å². The van der Waals surface area contributed by atoms with E-state index in [2.05, 4.69) is 0 Å². The number of para-hydroxylation sites is 1. The molecule has 1 aromatic carbocycles. The van der Waals surface area contributed by atoms with Gasteiger partial charge in [0.15, 0.2) is 5.60 Å². The molecule has 1 saturated heterocycles. The zero-order valence-electron chi connectivity index (χ0n) is 10.6. The highest BCUT2D eigenvalue weighted by Gasteiger charge is 2.58. The normalized spacial score (nSPS) is 22.4. The Balaban J connectivity index is 2.26. The predicted octanol–water partition coefficient (Wildman–Crippen LogP) is 1.73. The summed E-state index contributed by atoms with van der Waals surface area (Å²) in [6.45, 7) is -1.25. The zero-order chi connectivity index (χ0) is 15.8. The van der Waals surface area contributed by atoms with Crippen LogP contribution in [-0.4, -0.2) is 45.7 Å². The van der Waals surface area contributed by atoms with Gasteiger partial charge in [0.2, 0.25) is 0 Å². The van der Waals surface area contributed by atoms with Crippen molar-refractivity contribution in [3.8, 4) is 0 Å². The second-order valence-electron chi connectivity index (χ2n) is 4.78. The van der Waals surface area contributed by atoms with Crippen LogP contribution in [-0.2, 0) is 0 Å². The van der Waals surface area contributed by atoms with E-state index in [1.54, 1.807) is 0 Å². The Bertz CT molecular complexity index is 590. The van der Waals surface area contributed by atoms with Crippen molar-refractivity contribution in [1.29, 1.82) is 0 Å². The Morgan fingerprint density at radius 3 is 2.52 bits per heavy atom. The lowest BCUT2D eigenvalue weighted by Crippen LogP contribution is -2.48. The molecule has 1 N–H and O–H groups in total. The molecule has 9 heteroatoms. The van der Waals surface area contributed by atoms with Crippen molar-refractivity contribution in [2.24, 2.45) is 0 Å². The summed E-state index contributed by atoms with van der Waals surface area (Å²) < 4.78 is 38.1. The summed E-state index contributed by atoms with van der Waals surface area (Å²) in [5.41, 5.74) is -3.74. The second kappa shape index (κ2) is 4.99. The van der Waals surface area contributed by atoms with Crippen molar-refractivity contribution in [3.05, 3.63) is 39.9 Å². The third-order valence-electron chi connectivity index (χ3n) is 3.39. The van der Waals surface area contributed by atoms with Crippen LogP contribution >= 0.6 is 0 Å². The van der Waals surface area contributed by atoms with Crippen molar-refractivity contribution in [1.82, 2.24) is 4.90 Å². The standard InChI is InChI=1S/C12H11F3N2O4/c13-12(14,15)11(19)5-6-16(7-11)10(18)8-3-1-2-4-9(8)17(20)21/h1-4,19H,5-7H2. The molecular weight excluding hydrogens is 293 g/mol. The number of nitro benzene ring substituents is 1. The molecule has 0 spiro atoms. The molecular formula is C12H11F3N2O4. The number of β-amino-alcohol motifs (C(OH)–C–C–N with tert-alkyl or cyclic N) is 1. The molecule has 1 atom stereocenters. The number of carbonyl (C=O) groups is 1. The lowest BCUT2D eigenvalue weighted by molar-refractivity contribution is -0.385. The van der Waals surface area contributed by atoms with Gasteiger partial charge in [-0.25, -0.2) is 0 Å². The van der Waals surface area contributed by atoms with Crippen LogP contribution in [0.1, 0.15) is 16.8 Å². The monoisotopic (exact) mass is 304 g/mol. The average molecular weight is 304 g/mol. The fourth-order valence-corrected chi connectivity index (χ4v) is 2.18. The van der Waals surface area contributed by atoms with E-state index in [9.17, 15) is 33.2 Å². The first-order chi connectivity index (χ1) is 9.66. The maximum absolute atomic E-state index is 12.7. The minimum absolute atomic E-state index is 0.297. The first-order valence-electron chi connectivity index (χ1n) is 5.97. The second-order valence-corrected chi connectivity index (χ2v) is 4.78. The van der Waals surface area contributed by atoms with E-state index < -0.39 is 41.3 Å². The SMILES string of the molecule is O=C(c1ccccc1[N+](=O)[O-])N1CCC(O)(C(F)(F)F)C1. The molecule has 6 nitrogen and oxygen atoms in total. The first-order valence-corrected chi connectivity index (χ1v) is 5.97. The fraction of sp³-hybridized carbons (Fsp3) is 0.417. The molecule has 1 aliphatic rings. The molecule has 114 valence electrons. The number of likely N-dealkylation sites (tertiary alicyclic amines) is 1. The Labute approximate surface area is 116 Å². The Kier molecular flexibility index (Phi) is 3.62. The number of halogens is 3. The molecule has 1 aromatic rings. The van der Waals surface area contributed by atoms with E-state index in [1.807, 2.05) is 0 Å². The quantitative estimate of drug-likeness (QED) is 0.666. The van der Waals surface area contributed by atoms with E-state index in [0.29, 0.717) is 0 Å². The number of benzene rings is 1. The highest BCUT2D eigenvalue weighted by Crippen LogP contribution is 2.38. The molecule has 1 unspecified atom stereocenters. The largest absolute Gasteiger partial charge is 0.419 e. The summed E-state index contributed by atoms with van der Waals surface area (Å²) in [5, 5.41) is 20.4. The van der Waals surface area contributed by atoms with Gasteiger partial charge in [-0.2, -0.15) is 13.2 Å². The number of hydrogen-bond donors (Lipinski definition) is 1. The first kappa shape index (κ1) is 15.2. The Hall–Kier alpha value is -2.16. The highest BCUT2D eigenvalue weighted by molar-refractivity contribution is 5.98. The lowest BCUT2D eigenvalue weighted by Gasteiger charge is -2.25. The summed E-state index contributed by atoms with van der Waals surface area (Å²) in [4.78, 5) is 23.0. The highest BCUT2D eigenvalue weighted by atomic mass is 19.4. The molecule has 1 amide bonds. The van der Waals surface area contributed by atoms with Gasteiger partial charge in [0.1, 0.15) is 5.56 Å². The van der Waals surface area contributed by atoms with Crippen LogP contribution in [0.15, 0.2) is 24.3 Å². The number of aliphatic hydroxyl groups is 1. The van der Waals surface area contributed by atoms with E-state index >= 15 is 0 Å². The number of amides is 1. The van der Waals surface area contributed by atoms with Gasteiger partial charge in [0.05, 0.1) is 11.5 Å². The van der Waals surface area contributed by atoms with Crippen molar-refractivity contribution in [2.75, 3.05) is 13.1 Å². The smallest absolute Gasteiger partial charge is 0.379 e. The van der Waals surface area contributed by atoms with E-state index in [-0.39, 0.29) is 12.1 Å². The zero-order valence-corrected chi connectivity index (χ0v) is 10.6. The number of hydrogen-bond acceptors (Lipinski definition) is 4. The van der Waals surface area contributed by atoms with Gasteiger partial charge in [-0.3, -0.25) is 14.9 Å². The van der Waals surface area contributed by atoms with Gasteiger partial charge in [-0.05, 0) is 6.07 Å². The van der Waals surface area contributed by atoms with Crippen LogP contribution in [0.2, 0.25) is 0 Å². The van der Waals surface area contributed by atoms with Crippen LogP contribution in [0.25, 0.3) is 0 Å². The molecule has 1 aliphatic heterocycles. The minimum atomic E-state index is -4.86. The summed E-state index contributed by atoms with van der Waals surface area (Å²) in [6, 6.07) is 5.00. The summed E-state index contributed by atoms with van der Waals surface area (Å²) in [5.74, 6) is -0.900. The molecule has 1 fully saturated rings. The van der Waals surface area contributed by atoms with Crippen LogP contribution in [0.5, 0.6) is 0 Å². The Morgan fingerprint density at radius 2 is 2.00 bits per heavy atom. The van der Waals surface area contributed by atoms with Crippen molar-refractivity contribution in [3.63, 3.8) is 0 Å². The summed E-state index contributed by atoms with van der Waals surface area (Å²) in [7, 11) is 0. The van der Waals surface area contributed by atoms with Gasteiger partial charge < -0.3 is 10.0 Å². The molecule has 0 radical (unpaired) electrons. The molecule has 0 bridgehead atoms. The van der Waals surface area contributed by atoms with Gasteiger partial charge in [0.25, 0.3) is 11.6 Å². The van der Waals surface area contributed by atoms with Crippen molar-refractivity contribution >= 4 is 11.6 Å². The maximum atomic E-state index is 12.7. The summed E-state index contributed by atoms with van der Waals surface area (Å²) >= 11 is 0. The lowest BCUT2D eigenvalue weighted by atomic mass is 10.0. The van der Waals surface area contributed by atoms with Crippen LogP contribution in [0.4, 0.5) is 18.9 Å². The number of alkyl halides is 3. The minimum Gasteiger partial charge on any atom is -0.379 e.